The van der Waals surface area contributed by atoms with Crippen molar-refractivity contribution >= 4 is 5.69 Å². The molecule has 86 valence electrons. The van der Waals surface area contributed by atoms with Crippen molar-refractivity contribution < 1.29 is 4.39 Å². The third-order valence-corrected chi connectivity index (χ3v) is 2.39. The molecule has 16 heavy (non-hydrogen) atoms. The minimum atomic E-state index is -0.360. The van der Waals surface area contributed by atoms with Crippen molar-refractivity contribution in [3.8, 4) is 6.07 Å². The third kappa shape index (κ3) is 2.96. The van der Waals surface area contributed by atoms with E-state index in [1.165, 1.54) is 12.1 Å². The number of rotatable bonds is 4. The van der Waals surface area contributed by atoms with Gasteiger partial charge in [-0.15, -0.1) is 0 Å². The average molecular weight is 220 g/mol. The van der Waals surface area contributed by atoms with E-state index in [0.29, 0.717) is 11.5 Å². The van der Waals surface area contributed by atoms with Crippen LogP contribution in [0.4, 0.5) is 10.1 Å². The van der Waals surface area contributed by atoms with E-state index in [4.69, 9.17) is 5.26 Å². The van der Waals surface area contributed by atoms with Gasteiger partial charge in [-0.3, -0.25) is 0 Å². The Kier molecular flexibility index (Phi) is 4.30. The van der Waals surface area contributed by atoms with Crippen molar-refractivity contribution in [1.29, 1.82) is 5.26 Å². The molecule has 2 nitrogen and oxygen atoms in total. The molecule has 1 aromatic rings. The molecular formula is C13H17FN2. The number of hydrogen-bond acceptors (Lipinski definition) is 2. The Morgan fingerprint density at radius 2 is 2.12 bits per heavy atom. The standard InChI is InChI=1S/C13H17FN2/c1-4-16(9-10(2)3)13-6-5-12(14)7-11(13)8-15/h5-7,10H,4,9H2,1-3H3. The summed E-state index contributed by atoms with van der Waals surface area (Å²) >= 11 is 0. The van der Waals surface area contributed by atoms with Gasteiger partial charge in [-0.05, 0) is 31.0 Å². The number of benzene rings is 1. The number of nitrogens with zero attached hydrogens (tertiary/aromatic N) is 2. The van der Waals surface area contributed by atoms with Crippen LogP contribution >= 0.6 is 0 Å². The summed E-state index contributed by atoms with van der Waals surface area (Å²) < 4.78 is 13.0. The molecule has 3 heteroatoms. The lowest BCUT2D eigenvalue weighted by atomic mass is 10.1. The first-order valence-electron chi connectivity index (χ1n) is 5.53. The van der Waals surface area contributed by atoms with E-state index in [1.807, 2.05) is 13.0 Å². The average Bonchev–Trinajstić information content (AvgIpc) is 2.25. The number of anilines is 1. The molecule has 0 aliphatic rings. The van der Waals surface area contributed by atoms with E-state index in [0.717, 1.165) is 18.8 Å². The molecule has 0 radical (unpaired) electrons. The zero-order valence-electron chi connectivity index (χ0n) is 10.00. The van der Waals surface area contributed by atoms with Gasteiger partial charge in [0.2, 0.25) is 0 Å². The predicted octanol–water partition coefficient (Wildman–Crippen LogP) is 3.18. The second-order valence-corrected chi connectivity index (χ2v) is 4.21. The van der Waals surface area contributed by atoms with Gasteiger partial charge in [0.15, 0.2) is 0 Å². The van der Waals surface area contributed by atoms with Crippen LogP contribution in [-0.4, -0.2) is 13.1 Å². The molecule has 1 rings (SSSR count). The summed E-state index contributed by atoms with van der Waals surface area (Å²) in [5, 5.41) is 8.98. The van der Waals surface area contributed by atoms with E-state index in [1.54, 1.807) is 6.07 Å². The van der Waals surface area contributed by atoms with Crippen molar-refractivity contribution in [3.63, 3.8) is 0 Å². The van der Waals surface area contributed by atoms with Crippen LogP contribution in [0.3, 0.4) is 0 Å². The smallest absolute Gasteiger partial charge is 0.124 e. The van der Waals surface area contributed by atoms with E-state index in [2.05, 4.69) is 18.7 Å². The molecule has 0 aliphatic heterocycles. The maximum atomic E-state index is 13.0. The molecular weight excluding hydrogens is 203 g/mol. The Hall–Kier alpha value is -1.56. The second kappa shape index (κ2) is 5.50. The summed E-state index contributed by atoms with van der Waals surface area (Å²) in [5.74, 6) is 0.150. The fraction of sp³-hybridized carbons (Fsp3) is 0.462. The number of nitriles is 1. The summed E-state index contributed by atoms with van der Waals surface area (Å²) in [6.45, 7) is 7.97. The van der Waals surface area contributed by atoms with Gasteiger partial charge in [0.05, 0.1) is 11.3 Å². The molecule has 0 spiro atoms. The normalized spacial score (nSPS) is 10.2. The zero-order chi connectivity index (χ0) is 12.1. The van der Waals surface area contributed by atoms with Crippen molar-refractivity contribution in [3.05, 3.63) is 29.6 Å². The van der Waals surface area contributed by atoms with Gasteiger partial charge in [-0.1, -0.05) is 13.8 Å². The topological polar surface area (TPSA) is 27.0 Å². The largest absolute Gasteiger partial charge is 0.370 e. The van der Waals surface area contributed by atoms with Crippen LogP contribution in [0, 0.1) is 23.1 Å². The van der Waals surface area contributed by atoms with Gasteiger partial charge < -0.3 is 4.90 Å². The molecule has 0 aromatic heterocycles. The first-order valence-corrected chi connectivity index (χ1v) is 5.53. The molecule has 0 unspecified atom stereocenters. The highest BCUT2D eigenvalue weighted by atomic mass is 19.1. The van der Waals surface area contributed by atoms with Gasteiger partial charge in [0, 0.05) is 13.1 Å². The summed E-state index contributed by atoms with van der Waals surface area (Å²) in [4.78, 5) is 2.10. The first kappa shape index (κ1) is 12.5. The van der Waals surface area contributed by atoms with Gasteiger partial charge in [-0.2, -0.15) is 5.26 Å². The van der Waals surface area contributed by atoms with Crippen molar-refractivity contribution in [2.75, 3.05) is 18.0 Å². The highest BCUT2D eigenvalue weighted by Crippen LogP contribution is 2.21. The minimum Gasteiger partial charge on any atom is -0.370 e. The predicted molar refractivity (Wildman–Crippen MR) is 63.8 cm³/mol. The van der Waals surface area contributed by atoms with Crippen LogP contribution in [0.25, 0.3) is 0 Å². The van der Waals surface area contributed by atoms with Crippen LogP contribution in [0.2, 0.25) is 0 Å². The molecule has 0 aliphatic carbocycles. The Balaban J connectivity index is 3.05. The van der Waals surface area contributed by atoms with Crippen molar-refractivity contribution in [1.82, 2.24) is 0 Å². The molecule has 0 amide bonds. The first-order chi connectivity index (χ1) is 7.58. The maximum absolute atomic E-state index is 13.0. The zero-order valence-corrected chi connectivity index (χ0v) is 10.00. The molecule has 0 N–H and O–H groups in total. The van der Waals surface area contributed by atoms with E-state index >= 15 is 0 Å². The Morgan fingerprint density at radius 1 is 1.44 bits per heavy atom. The molecule has 0 saturated carbocycles. The maximum Gasteiger partial charge on any atom is 0.124 e. The second-order valence-electron chi connectivity index (χ2n) is 4.21. The van der Waals surface area contributed by atoms with E-state index < -0.39 is 0 Å². The van der Waals surface area contributed by atoms with Crippen molar-refractivity contribution in [2.24, 2.45) is 5.92 Å². The lowest BCUT2D eigenvalue weighted by Gasteiger charge is -2.26. The number of halogens is 1. The highest BCUT2D eigenvalue weighted by Gasteiger charge is 2.11. The van der Waals surface area contributed by atoms with E-state index in [9.17, 15) is 4.39 Å². The minimum absolute atomic E-state index is 0.360. The van der Waals surface area contributed by atoms with Crippen LogP contribution in [-0.2, 0) is 0 Å². The fourth-order valence-corrected chi connectivity index (χ4v) is 1.71. The Morgan fingerprint density at radius 3 is 2.62 bits per heavy atom. The van der Waals surface area contributed by atoms with Crippen LogP contribution in [0.5, 0.6) is 0 Å². The molecule has 0 heterocycles. The molecule has 0 bridgehead atoms. The molecule has 0 fully saturated rings. The van der Waals surface area contributed by atoms with Gasteiger partial charge in [-0.25, -0.2) is 4.39 Å². The van der Waals surface area contributed by atoms with Gasteiger partial charge in [0.25, 0.3) is 0 Å². The monoisotopic (exact) mass is 220 g/mol. The lowest BCUT2D eigenvalue weighted by molar-refractivity contribution is 0.613. The Bertz CT molecular complexity index is 393. The number of hydrogen-bond donors (Lipinski definition) is 0. The summed E-state index contributed by atoms with van der Waals surface area (Å²) in [6.07, 6.45) is 0. The highest BCUT2D eigenvalue weighted by molar-refractivity contribution is 5.59. The molecule has 0 atom stereocenters. The SMILES string of the molecule is CCN(CC(C)C)c1ccc(F)cc1C#N. The quantitative estimate of drug-likeness (QED) is 0.779. The van der Waals surface area contributed by atoms with Gasteiger partial charge in [0.1, 0.15) is 11.9 Å². The van der Waals surface area contributed by atoms with Crippen LogP contribution in [0.1, 0.15) is 26.3 Å². The summed E-state index contributed by atoms with van der Waals surface area (Å²) in [5.41, 5.74) is 1.22. The summed E-state index contributed by atoms with van der Waals surface area (Å²) in [7, 11) is 0. The lowest BCUT2D eigenvalue weighted by Crippen LogP contribution is -2.27. The molecule has 0 saturated heterocycles. The fourth-order valence-electron chi connectivity index (χ4n) is 1.71. The molecule has 1 aromatic carbocycles. The van der Waals surface area contributed by atoms with Crippen LogP contribution in [0.15, 0.2) is 18.2 Å². The van der Waals surface area contributed by atoms with Crippen molar-refractivity contribution in [2.45, 2.75) is 20.8 Å². The third-order valence-electron chi connectivity index (χ3n) is 2.39. The summed E-state index contributed by atoms with van der Waals surface area (Å²) in [6, 6.07) is 6.42. The van der Waals surface area contributed by atoms with Crippen LogP contribution < -0.4 is 4.90 Å². The van der Waals surface area contributed by atoms with Gasteiger partial charge >= 0.3 is 0 Å². The Labute approximate surface area is 96.3 Å². The van der Waals surface area contributed by atoms with E-state index in [-0.39, 0.29) is 5.82 Å².